The number of nitrogens with zero attached hydrogens (tertiary/aromatic N) is 4. The largest absolute Gasteiger partial charge is 0.366 e. The highest BCUT2D eigenvalue weighted by Gasteiger charge is 2.23. The molecule has 4 aromatic rings. The summed E-state index contributed by atoms with van der Waals surface area (Å²) in [6, 6.07) is 22.7. The van der Waals surface area contributed by atoms with Crippen LogP contribution in [-0.2, 0) is 21.4 Å². The monoisotopic (exact) mass is 578 g/mol. The minimum absolute atomic E-state index is 0.0564. The minimum Gasteiger partial charge on any atom is -0.366 e. The number of aromatic nitrogens is 3. The van der Waals surface area contributed by atoms with Gasteiger partial charge in [-0.25, -0.2) is 8.42 Å². The number of nitrogens with two attached hydrogens (primary N) is 1. The van der Waals surface area contributed by atoms with E-state index in [2.05, 4.69) is 15.5 Å². The third kappa shape index (κ3) is 6.76. The molecule has 40 heavy (non-hydrogen) atoms. The van der Waals surface area contributed by atoms with Crippen molar-refractivity contribution in [1.29, 1.82) is 0 Å². The molecule has 0 aliphatic heterocycles. The van der Waals surface area contributed by atoms with E-state index >= 15 is 0 Å². The molecule has 2 amide bonds. The van der Waals surface area contributed by atoms with E-state index in [1.54, 1.807) is 62.4 Å². The van der Waals surface area contributed by atoms with Crippen molar-refractivity contribution in [3.8, 4) is 11.4 Å². The lowest BCUT2D eigenvalue weighted by Crippen LogP contribution is -2.30. The Kier molecular flexibility index (Phi) is 9.35. The molecule has 0 spiro atoms. The van der Waals surface area contributed by atoms with E-state index in [1.807, 2.05) is 34.9 Å². The van der Waals surface area contributed by atoms with Crippen LogP contribution >= 0.6 is 11.8 Å². The number of nitrogens with one attached hydrogen (secondary N) is 1. The molecule has 0 saturated carbocycles. The average molecular weight is 579 g/mol. The molecule has 0 atom stereocenters. The molecule has 0 fully saturated rings. The van der Waals surface area contributed by atoms with Crippen molar-refractivity contribution in [3.05, 3.63) is 90.0 Å². The van der Waals surface area contributed by atoms with E-state index in [0.29, 0.717) is 47.4 Å². The zero-order valence-corrected chi connectivity index (χ0v) is 23.8. The highest BCUT2D eigenvalue weighted by molar-refractivity contribution is 7.99. The van der Waals surface area contributed by atoms with Gasteiger partial charge in [0.15, 0.2) is 11.0 Å². The predicted molar refractivity (Wildman–Crippen MR) is 155 cm³/mol. The summed E-state index contributed by atoms with van der Waals surface area (Å²) in [5.74, 6) is -0.260. The number of thioether (sulfide) groups is 1. The SMILES string of the molecule is CCN(CC)S(=O)(=O)c1cccc(-c2nnc(SCC(=O)Nc3ccc(C(N)=O)cc3)n2Cc2ccccc2)c1. The Morgan fingerprint density at radius 3 is 2.30 bits per heavy atom. The fourth-order valence-corrected chi connectivity index (χ4v) is 6.31. The smallest absolute Gasteiger partial charge is 0.248 e. The van der Waals surface area contributed by atoms with Crippen molar-refractivity contribution in [2.24, 2.45) is 5.73 Å². The summed E-state index contributed by atoms with van der Waals surface area (Å²) >= 11 is 1.22. The predicted octanol–water partition coefficient (Wildman–Crippen LogP) is 3.85. The van der Waals surface area contributed by atoms with Crippen molar-refractivity contribution < 1.29 is 18.0 Å². The standard InChI is InChI=1S/C28H30N6O4S2/c1-3-33(4-2)40(37,38)24-12-8-11-22(17-24)27-31-32-28(34(27)18-20-9-6-5-7-10-20)39-19-25(35)30-23-15-13-21(14-16-23)26(29)36/h5-17H,3-4,18-19H2,1-2H3,(H2,29,36)(H,30,35). The minimum atomic E-state index is -3.66. The topological polar surface area (TPSA) is 140 Å². The van der Waals surface area contributed by atoms with Gasteiger partial charge in [0.1, 0.15) is 0 Å². The van der Waals surface area contributed by atoms with Gasteiger partial charge in [0.25, 0.3) is 0 Å². The maximum absolute atomic E-state index is 13.2. The summed E-state index contributed by atoms with van der Waals surface area (Å²) in [4.78, 5) is 24.1. The number of anilines is 1. The van der Waals surface area contributed by atoms with Gasteiger partial charge in [0, 0.05) is 29.9 Å². The summed E-state index contributed by atoms with van der Waals surface area (Å²) in [5, 5.41) is 12.0. The first-order valence-corrected chi connectivity index (χ1v) is 15.1. The second-order valence-corrected chi connectivity index (χ2v) is 11.7. The van der Waals surface area contributed by atoms with Gasteiger partial charge < -0.3 is 11.1 Å². The van der Waals surface area contributed by atoms with Gasteiger partial charge in [-0.15, -0.1) is 10.2 Å². The molecule has 0 aliphatic rings. The first-order valence-electron chi connectivity index (χ1n) is 12.6. The summed E-state index contributed by atoms with van der Waals surface area (Å²) in [7, 11) is -3.66. The maximum Gasteiger partial charge on any atom is 0.248 e. The highest BCUT2D eigenvalue weighted by atomic mass is 32.2. The van der Waals surface area contributed by atoms with E-state index in [-0.39, 0.29) is 16.6 Å². The number of hydrogen-bond donors (Lipinski definition) is 2. The second kappa shape index (κ2) is 12.9. The van der Waals surface area contributed by atoms with Gasteiger partial charge in [-0.05, 0) is 42.0 Å². The Hall–Kier alpha value is -4.00. The Bertz CT molecular complexity index is 1580. The molecule has 1 aromatic heterocycles. The molecule has 0 saturated heterocycles. The molecule has 4 rings (SSSR count). The van der Waals surface area contributed by atoms with E-state index in [9.17, 15) is 18.0 Å². The Morgan fingerprint density at radius 1 is 0.950 bits per heavy atom. The van der Waals surface area contributed by atoms with Crippen molar-refractivity contribution in [2.75, 3.05) is 24.2 Å². The summed E-state index contributed by atoms with van der Waals surface area (Å²) in [5.41, 5.74) is 7.75. The molecule has 0 bridgehead atoms. The van der Waals surface area contributed by atoms with Crippen LogP contribution in [0.3, 0.4) is 0 Å². The van der Waals surface area contributed by atoms with Gasteiger partial charge in [0.2, 0.25) is 21.8 Å². The molecule has 12 heteroatoms. The molecular weight excluding hydrogens is 548 g/mol. The Labute approximate surface area is 237 Å². The summed E-state index contributed by atoms with van der Waals surface area (Å²) in [6.07, 6.45) is 0. The quantitative estimate of drug-likeness (QED) is 0.243. The van der Waals surface area contributed by atoms with Gasteiger partial charge in [-0.2, -0.15) is 4.31 Å². The molecule has 10 nitrogen and oxygen atoms in total. The summed E-state index contributed by atoms with van der Waals surface area (Å²) < 4.78 is 29.6. The van der Waals surface area contributed by atoms with E-state index in [4.69, 9.17) is 5.73 Å². The zero-order valence-electron chi connectivity index (χ0n) is 22.1. The number of hydrogen-bond acceptors (Lipinski definition) is 7. The maximum atomic E-state index is 13.2. The van der Waals surface area contributed by atoms with E-state index in [0.717, 1.165) is 5.56 Å². The van der Waals surface area contributed by atoms with Crippen molar-refractivity contribution in [2.45, 2.75) is 30.4 Å². The van der Waals surface area contributed by atoms with Crippen LogP contribution in [0.15, 0.2) is 88.9 Å². The van der Waals surface area contributed by atoms with Gasteiger partial charge in [-0.3, -0.25) is 14.2 Å². The number of rotatable bonds is 12. The van der Waals surface area contributed by atoms with E-state index < -0.39 is 15.9 Å². The zero-order chi connectivity index (χ0) is 28.7. The molecule has 3 N–H and O–H groups in total. The molecule has 0 aliphatic carbocycles. The first-order chi connectivity index (χ1) is 19.2. The van der Waals surface area contributed by atoms with Crippen LogP contribution in [-0.4, -0.2) is 58.1 Å². The van der Waals surface area contributed by atoms with Crippen molar-refractivity contribution in [1.82, 2.24) is 19.1 Å². The number of carbonyl (C=O) groups is 2. The van der Waals surface area contributed by atoms with Gasteiger partial charge in [-0.1, -0.05) is 68.1 Å². The molecule has 0 unspecified atom stereocenters. The molecular formula is C28H30N6O4S2. The van der Waals surface area contributed by atoms with Gasteiger partial charge in [0.05, 0.1) is 17.2 Å². The third-order valence-electron chi connectivity index (χ3n) is 6.12. The van der Waals surface area contributed by atoms with Crippen molar-refractivity contribution in [3.63, 3.8) is 0 Å². The molecule has 3 aromatic carbocycles. The fraction of sp³-hybridized carbons (Fsp3) is 0.214. The molecule has 0 radical (unpaired) electrons. The Morgan fingerprint density at radius 2 is 1.65 bits per heavy atom. The average Bonchev–Trinajstić information content (AvgIpc) is 3.35. The van der Waals surface area contributed by atoms with Crippen LogP contribution in [0.4, 0.5) is 5.69 Å². The molecule has 208 valence electrons. The fourth-order valence-electron chi connectivity index (χ4n) is 4.07. The van der Waals surface area contributed by atoms with Crippen LogP contribution in [0, 0.1) is 0 Å². The normalized spacial score (nSPS) is 11.5. The highest BCUT2D eigenvalue weighted by Crippen LogP contribution is 2.28. The number of carbonyl (C=O) groups excluding carboxylic acids is 2. The van der Waals surface area contributed by atoms with E-state index in [1.165, 1.54) is 16.1 Å². The second-order valence-electron chi connectivity index (χ2n) is 8.77. The van der Waals surface area contributed by atoms with Gasteiger partial charge >= 0.3 is 0 Å². The van der Waals surface area contributed by atoms with Crippen LogP contribution < -0.4 is 11.1 Å². The number of primary amides is 1. The first kappa shape index (κ1) is 29.0. The summed E-state index contributed by atoms with van der Waals surface area (Å²) in [6.45, 7) is 4.76. The van der Waals surface area contributed by atoms with Crippen LogP contribution in [0.1, 0.15) is 29.8 Å². The number of benzene rings is 3. The van der Waals surface area contributed by atoms with Crippen LogP contribution in [0.5, 0.6) is 0 Å². The number of sulfonamides is 1. The van der Waals surface area contributed by atoms with Crippen LogP contribution in [0.2, 0.25) is 0 Å². The lowest BCUT2D eigenvalue weighted by atomic mass is 10.2. The number of amides is 2. The molecule has 1 heterocycles. The lowest BCUT2D eigenvalue weighted by Gasteiger charge is -2.19. The Balaban J connectivity index is 1.60. The third-order valence-corrected chi connectivity index (χ3v) is 9.13. The van der Waals surface area contributed by atoms with Crippen LogP contribution in [0.25, 0.3) is 11.4 Å². The lowest BCUT2D eigenvalue weighted by molar-refractivity contribution is -0.113. The van der Waals surface area contributed by atoms with Crippen molar-refractivity contribution >= 4 is 39.3 Å².